The molecule has 1 rings (SSSR count). The topological polar surface area (TPSA) is 89.9 Å². The molecule has 2 unspecified atom stereocenters. The number of aliphatic carboxylic acids is 1. The lowest BCUT2D eigenvalue weighted by Gasteiger charge is -2.31. The molecular formula is C18H35N3O4S. The quantitative estimate of drug-likeness (QED) is 0.316. The van der Waals surface area contributed by atoms with E-state index in [1.165, 1.54) is 16.8 Å². The summed E-state index contributed by atoms with van der Waals surface area (Å²) in [5.74, 6) is -1.00. The number of carbonyl (C=O) groups is 3. The van der Waals surface area contributed by atoms with Gasteiger partial charge in [0.05, 0.1) is 0 Å². The molecule has 1 fully saturated rings. The summed E-state index contributed by atoms with van der Waals surface area (Å²) in [6.07, 6.45) is 6.10. The molecule has 0 aromatic carbocycles. The van der Waals surface area contributed by atoms with Gasteiger partial charge in [-0.2, -0.15) is 0 Å². The van der Waals surface area contributed by atoms with Crippen LogP contribution in [0.4, 0.5) is 0 Å². The number of carboxylic acids is 1. The van der Waals surface area contributed by atoms with Crippen molar-refractivity contribution < 1.29 is 19.5 Å². The van der Waals surface area contributed by atoms with Crippen LogP contribution < -0.4 is 4.72 Å². The van der Waals surface area contributed by atoms with Gasteiger partial charge in [-0.05, 0) is 44.0 Å². The Balaban J connectivity index is 0.000000758. The first kappa shape index (κ1) is 24.9. The van der Waals surface area contributed by atoms with Gasteiger partial charge in [-0.15, -0.1) is 0 Å². The highest BCUT2D eigenvalue weighted by molar-refractivity contribution is 7.96. The first-order chi connectivity index (χ1) is 12.2. The first-order valence-electron chi connectivity index (χ1n) is 9.02. The van der Waals surface area contributed by atoms with E-state index in [2.05, 4.69) is 23.6 Å². The SMILES string of the molecule is CC(C)C(C(=O)O)N(C=O)CCC1(C)CCN(C)C1.CSNCCC=O. The van der Waals surface area contributed by atoms with E-state index < -0.39 is 12.0 Å². The van der Waals surface area contributed by atoms with Crippen LogP contribution in [0.2, 0.25) is 0 Å². The number of amides is 1. The standard InChI is InChI=1S/C14H26N2O3.C4H9NOS/c1-11(2)12(13(18)19)16(10-17)8-6-14(3)5-7-15(4)9-14;1-7-5-3-2-4-6/h10-12H,5-9H2,1-4H3,(H,18,19);4-5H,2-3H2,1H3. The Kier molecular flexibility index (Phi) is 12.5. The molecule has 0 radical (unpaired) electrons. The number of carbonyl (C=O) groups excluding carboxylic acids is 2. The molecule has 0 saturated carbocycles. The summed E-state index contributed by atoms with van der Waals surface area (Å²) >= 11 is 1.53. The van der Waals surface area contributed by atoms with E-state index in [0.29, 0.717) is 19.4 Å². The third-order valence-corrected chi connectivity index (χ3v) is 5.10. The van der Waals surface area contributed by atoms with Gasteiger partial charge in [0.1, 0.15) is 12.3 Å². The summed E-state index contributed by atoms with van der Waals surface area (Å²) in [5.41, 5.74) is 0.191. The minimum absolute atomic E-state index is 0.0817. The average molecular weight is 390 g/mol. The number of carboxylic acid groups (broad SMARTS) is 1. The van der Waals surface area contributed by atoms with E-state index >= 15 is 0 Å². The largest absolute Gasteiger partial charge is 0.480 e. The van der Waals surface area contributed by atoms with E-state index in [1.54, 1.807) is 0 Å². The molecule has 7 nitrogen and oxygen atoms in total. The molecule has 26 heavy (non-hydrogen) atoms. The van der Waals surface area contributed by atoms with Crippen molar-refractivity contribution in [2.24, 2.45) is 11.3 Å². The number of nitrogens with one attached hydrogen (secondary N) is 1. The maximum Gasteiger partial charge on any atom is 0.326 e. The van der Waals surface area contributed by atoms with Crippen molar-refractivity contribution in [3.05, 3.63) is 0 Å². The zero-order valence-electron chi connectivity index (χ0n) is 16.7. The van der Waals surface area contributed by atoms with Crippen molar-refractivity contribution >= 4 is 30.6 Å². The molecule has 0 aliphatic carbocycles. The average Bonchev–Trinajstić information content (AvgIpc) is 2.91. The number of hydrogen-bond acceptors (Lipinski definition) is 6. The Morgan fingerprint density at radius 1 is 1.42 bits per heavy atom. The van der Waals surface area contributed by atoms with Gasteiger partial charge in [-0.3, -0.25) is 9.52 Å². The van der Waals surface area contributed by atoms with Gasteiger partial charge in [-0.1, -0.05) is 32.7 Å². The first-order valence-corrected chi connectivity index (χ1v) is 10.2. The molecule has 1 aliphatic heterocycles. The maximum absolute atomic E-state index is 11.3. The molecule has 0 aromatic heterocycles. The molecule has 0 aromatic rings. The molecule has 1 aliphatic rings. The fraction of sp³-hybridized carbons (Fsp3) is 0.833. The molecule has 0 bridgehead atoms. The predicted octanol–water partition coefficient (Wildman–Crippen LogP) is 1.73. The number of nitrogens with zero attached hydrogens (tertiary/aromatic N) is 2. The summed E-state index contributed by atoms with van der Waals surface area (Å²) in [6, 6.07) is -0.722. The van der Waals surface area contributed by atoms with Crippen molar-refractivity contribution in [2.75, 3.05) is 39.5 Å². The van der Waals surface area contributed by atoms with Crippen molar-refractivity contribution in [3.8, 4) is 0 Å². The Labute approximate surface area is 162 Å². The highest BCUT2D eigenvalue weighted by Crippen LogP contribution is 2.32. The third-order valence-electron chi connectivity index (χ3n) is 4.61. The van der Waals surface area contributed by atoms with E-state index in [1.807, 2.05) is 20.1 Å². The van der Waals surface area contributed by atoms with Gasteiger partial charge in [-0.25, -0.2) is 4.79 Å². The minimum atomic E-state index is -0.921. The molecule has 8 heteroatoms. The predicted molar refractivity (Wildman–Crippen MR) is 106 cm³/mol. The lowest BCUT2D eigenvalue weighted by atomic mass is 9.85. The van der Waals surface area contributed by atoms with E-state index in [-0.39, 0.29) is 11.3 Å². The summed E-state index contributed by atoms with van der Waals surface area (Å²) < 4.78 is 2.93. The van der Waals surface area contributed by atoms with Crippen LogP contribution >= 0.6 is 11.9 Å². The van der Waals surface area contributed by atoms with Crippen LogP contribution in [0.3, 0.4) is 0 Å². The van der Waals surface area contributed by atoms with Crippen molar-refractivity contribution in [1.29, 1.82) is 0 Å². The number of rotatable bonds is 11. The van der Waals surface area contributed by atoms with Crippen LogP contribution in [-0.4, -0.2) is 79.1 Å². The molecule has 1 saturated heterocycles. The Morgan fingerprint density at radius 3 is 2.46 bits per heavy atom. The second kappa shape index (κ2) is 13.1. The van der Waals surface area contributed by atoms with Gasteiger partial charge in [0.25, 0.3) is 0 Å². The van der Waals surface area contributed by atoms with Crippen LogP contribution in [0.1, 0.15) is 40.0 Å². The highest BCUT2D eigenvalue weighted by Gasteiger charge is 2.34. The summed E-state index contributed by atoms with van der Waals surface area (Å²) in [5, 5.41) is 9.23. The molecule has 1 amide bonds. The molecule has 152 valence electrons. The van der Waals surface area contributed by atoms with E-state index in [9.17, 15) is 19.5 Å². The van der Waals surface area contributed by atoms with Gasteiger partial charge < -0.3 is 19.7 Å². The maximum atomic E-state index is 11.3. The normalized spacial score (nSPS) is 21.0. The second-order valence-corrected chi connectivity index (χ2v) is 8.17. The van der Waals surface area contributed by atoms with Crippen molar-refractivity contribution in [2.45, 2.75) is 46.1 Å². The van der Waals surface area contributed by atoms with Crippen LogP contribution in [0.15, 0.2) is 0 Å². The lowest BCUT2D eigenvalue weighted by molar-refractivity contribution is -0.148. The Hall–Kier alpha value is -1.12. The van der Waals surface area contributed by atoms with Crippen molar-refractivity contribution in [1.82, 2.24) is 14.5 Å². The van der Waals surface area contributed by atoms with Crippen molar-refractivity contribution in [3.63, 3.8) is 0 Å². The highest BCUT2D eigenvalue weighted by atomic mass is 32.2. The molecule has 2 atom stereocenters. The Morgan fingerprint density at radius 2 is 2.08 bits per heavy atom. The van der Waals surface area contributed by atoms with E-state index in [4.69, 9.17) is 0 Å². The zero-order valence-corrected chi connectivity index (χ0v) is 17.6. The molecule has 0 spiro atoms. The van der Waals surface area contributed by atoms with Gasteiger partial charge in [0.15, 0.2) is 0 Å². The fourth-order valence-corrected chi connectivity index (χ4v) is 3.48. The fourth-order valence-electron chi connectivity index (χ4n) is 3.16. The van der Waals surface area contributed by atoms with Crippen LogP contribution in [0.25, 0.3) is 0 Å². The number of likely N-dealkylation sites (tertiary alicyclic amines) is 1. The Bertz CT molecular complexity index is 437. The molecule has 2 N–H and O–H groups in total. The smallest absolute Gasteiger partial charge is 0.326 e. The van der Waals surface area contributed by atoms with Gasteiger partial charge in [0.2, 0.25) is 6.41 Å². The summed E-state index contributed by atoms with van der Waals surface area (Å²) in [6.45, 7) is 9.27. The van der Waals surface area contributed by atoms with E-state index in [0.717, 1.165) is 38.8 Å². The van der Waals surface area contributed by atoms with Crippen LogP contribution in [-0.2, 0) is 14.4 Å². The minimum Gasteiger partial charge on any atom is -0.480 e. The number of hydrogen-bond donors (Lipinski definition) is 2. The lowest BCUT2D eigenvalue weighted by Crippen LogP contribution is -2.45. The van der Waals surface area contributed by atoms with Crippen LogP contribution in [0.5, 0.6) is 0 Å². The second-order valence-electron chi connectivity index (χ2n) is 7.47. The van der Waals surface area contributed by atoms with Crippen LogP contribution in [0, 0.1) is 11.3 Å². The number of aldehydes is 1. The molecule has 1 heterocycles. The van der Waals surface area contributed by atoms with Gasteiger partial charge in [0, 0.05) is 26.1 Å². The summed E-state index contributed by atoms with van der Waals surface area (Å²) in [4.78, 5) is 35.8. The zero-order chi connectivity index (χ0) is 20.2. The molecular weight excluding hydrogens is 354 g/mol. The third kappa shape index (κ3) is 9.54. The summed E-state index contributed by atoms with van der Waals surface area (Å²) in [7, 11) is 2.09. The van der Waals surface area contributed by atoms with Gasteiger partial charge >= 0.3 is 5.97 Å². The monoisotopic (exact) mass is 389 g/mol.